The molecule has 0 unspecified atom stereocenters. The van der Waals surface area contributed by atoms with Crippen molar-refractivity contribution in [2.45, 2.75) is 12.8 Å². The molecule has 0 radical (unpaired) electrons. The molecule has 0 atom stereocenters. The number of aromatic nitrogens is 4. The number of nitrogens with zero attached hydrogens (tertiary/aromatic N) is 6. The van der Waals surface area contributed by atoms with Crippen molar-refractivity contribution < 1.29 is 4.74 Å². The number of hydrogen-bond acceptors (Lipinski definition) is 6. The second kappa shape index (κ2) is 9.37. The number of hydrogen-bond donors (Lipinski definition) is 0. The smallest absolute Gasteiger partial charge is 0.168 e. The van der Waals surface area contributed by atoms with Crippen LogP contribution in [0.3, 0.4) is 0 Å². The fourth-order valence-corrected chi connectivity index (χ4v) is 4.68. The van der Waals surface area contributed by atoms with E-state index in [0.717, 1.165) is 73.1 Å². The Bertz CT molecular complexity index is 1260. The molecule has 4 heterocycles. The minimum absolute atomic E-state index is 0.662. The lowest BCUT2D eigenvalue weighted by molar-refractivity contribution is 0.312. The van der Waals surface area contributed by atoms with Crippen molar-refractivity contribution in [2.24, 2.45) is 0 Å². The van der Waals surface area contributed by atoms with Gasteiger partial charge in [-0.05, 0) is 49.7 Å². The lowest BCUT2D eigenvalue weighted by Gasteiger charge is -2.33. The summed E-state index contributed by atoms with van der Waals surface area (Å²) >= 11 is 6.68. The van der Waals surface area contributed by atoms with Gasteiger partial charge in [0.2, 0.25) is 0 Å². The molecule has 1 saturated heterocycles. The maximum atomic E-state index is 6.68. The van der Waals surface area contributed by atoms with E-state index < -0.39 is 0 Å². The van der Waals surface area contributed by atoms with Crippen molar-refractivity contribution in [2.75, 3.05) is 45.2 Å². The summed E-state index contributed by atoms with van der Waals surface area (Å²) in [7, 11) is 3.85. The first-order chi connectivity index (χ1) is 16.1. The van der Waals surface area contributed by atoms with Gasteiger partial charge >= 0.3 is 0 Å². The highest BCUT2D eigenvalue weighted by Gasteiger charge is 2.19. The molecule has 1 aliphatic heterocycles. The number of para-hydroxylation sites is 1. The maximum absolute atomic E-state index is 6.68. The van der Waals surface area contributed by atoms with Gasteiger partial charge in [0.05, 0.1) is 12.1 Å². The Morgan fingerprint density at radius 1 is 1.03 bits per heavy atom. The van der Waals surface area contributed by atoms with Gasteiger partial charge in [-0.1, -0.05) is 29.8 Å². The van der Waals surface area contributed by atoms with Crippen LogP contribution in [0.5, 0.6) is 5.75 Å². The average Bonchev–Trinajstić information content (AvgIpc) is 3.34. The molecule has 0 amide bonds. The van der Waals surface area contributed by atoms with Crippen LogP contribution in [-0.4, -0.2) is 64.8 Å². The number of fused-ring (bicyclic) bond motifs is 1. The van der Waals surface area contributed by atoms with E-state index in [2.05, 4.69) is 45.2 Å². The van der Waals surface area contributed by atoms with Gasteiger partial charge in [0.25, 0.3) is 0 Å². The van der Waals surface area contributed by atoms with E-state index in [4.69, 9.17) is 21.3 Å². The number of halogens is 1. The number of aryl methyl sites for hydroxylation is 2. The van der Waals surface area contributed by atoms with E-state index in [1.807, 2.05) is 34.9 Å². The summed E-state index contributed by atoms with van der Waals surface area (Å²) in [6, 6.07) is 14.3. The first-order valence-corrected chi connectivity index (χ1v) is 11.5. The number of pyridine rings is 2. The minimum atomic E-state index is 0.662. The summed E-state index contributed by atoms with van der Waals surface area (Å²) in [6.45, 7) is 3.88. The predicted octanol–water partition coefficient (Wildman–Crippen LogP) is 3.99. The quantitative estimate of drug-likeness (QED) is 0.432. The third-order valence-corrected chi connectivity index (χ3v) is 6.60. The molecule has 1 aromatic carbocycles. The zero-order valence-corrected chi connectivity index (χ0v) is 19.7. The predicted molar refractivity (Wildman–Crippen MR) is 131 cm³/mol. The highest BCUT2D eigenvalue weighted by Crippen LogP contribution is 2.31. The van der Waals surface area contributed by atoms with Crippen LogP contribution in [0.4, 0.5) is 5.82 Å². The molecule has 0 N–H and O–H groups in total. The minimum Gasteiger partial charge on any atom is -0.496 e. The third kappa shape index (κ3) is 4.38. The van der Waals surface area contributed by atoms with Crippen molar-refractivity contribution in [3.8, 4) is 16.9 Å². The van der Waals surface area contributed by atoms with E-state index >= 15 is 0 Å². The van der Waals surface area contributed by atoms with Gasteiger partial charge in [0.15, 0.2) is 5.65 Å². The standard InChI is InChI=1S/C25H27ClN6O/c1-30-11-13-31(14-12-30)25-22(26)15-19(16-27-25)21-10-9-20(32-17-28-29-24(21)32)8-7-18-5-3-4-6-23(18)33-2/h3-6,9-10,15-17H,7-8,11-14H2,1-2H3. The summed E-state index contributed by atoms with van der Waals surface area (Å²) in [4.78, 5) is 9.28. The zero-order valence-electron chi connectivity index (χ0n) is 18.9. The molecule has 33 heavy (non-hydrogen) atoms. The molecule has 5 rings (SSSR count). The van der Waals surface area contributed by atoms with Gasteiger partial charge in [0, 0.05) is 49.2 Å². The Balaban J connectivity index is 1.41. The number of rotatable bonds is 6. The molecule has 7 nitrogen and oxygen atoms in total. The Morgan fingerprint density at radius 3 is 2.64 bits per heavy atom. The highest BCUT2D eigenvalue weighted by molar-refractivity contribution is 6.33. The van der Waals surface area contributed by atoms with Crippen LogP contribution in [0, 0.1) is 0 Å². The molecule has 0 aliphatic carbocycles. The summed E-state index contributed by atoms with van der Waals surface area (Å²) < 4.78 is 7.54. The monoisotopic (exact) mass is 462 g/mol. The Morgan fingerprint density at radius 2 is 1.85 bits per heavy atom. The molecule has 0 saturated carbocycles. The first kappa shape index (κ1) is 21.7. The normalized spacial score (nSPS) is 14.7. The molecule has 0 bridgehead atoms. The third-order valence-electron chi connectivity index (χ3n) is 6.32. The molecule has 1 fully saturated rings. The van der Waals surface area contributed by atoms with E-state index in [9.17, 15) is 0 Å². The summed E-state index contributed by atoms with van der Waals surface area (Å²) in [6.07, 6.45) is 5.36. The molecule has 1 aliphatic rings. The number of piperazine rings is 1. The second-order valence-electron chi connectivity index (χ2n) is 8.39. The van der Waals surface area contributed by atoms with Gasteiger partial charge in [-0.2, -0.15) is 0 Å². The van der Waals surface area contributed by atoms with E-state index in [-0.39, 0.29) is 0 Å². The molecular formula is C25H27ClN6O. The van der Waals surface area contributed by atoms with Crippen LogP contribution in [0.15, 0.2) is 55.0 Å². The lowest BCUT2D eigenvalue weighted by Crippen LogP contribution is -2.44. The van der Waals surface area contributed by atoms with Crippen LogP contribution >= 0.6 is 11.6 Å². The van der Waals surface area contributed by atoms with E-state index in [1.54, 1.807) is 13.4 Å². The molecule has 0 spiro atoms. The Labute approximate surface area is 198 Å². The van der Waals surface area contributed by atoms with Crippen molar-refractivity contribution in [3.63, 3.8) is 0 Å². The molecule has 3 aromatic heterocycles. The maximum Gasteiger partial charge on any atom is 0.168 e. The highest BCUT2D eigenvalue weighted by atomic mass is 35.5. The van der Waals surface area contributed by atoms with Crippen molar-refractivity contribution in [3.05, 3.63) is 71.3 Å². The van der Waals surface area contributed by atoms with E-state index in [0.29, 0.717) is 5.02 Å². The number of anilines is 1. The van der Waals surface area contributed by atoms with Crippen molar-refractivity contribution in [1.29, 1.82) is 0 Å². The summed E-state index contributed by atoms with van der Waals surface area (Å²) in [5.41, 5.74) is 5.02. The van der Waals surface area contributed by atoms with Gasteiger partial charge in [-0.3, -0.25) is 4.40 Å². The fourth-order valence-electron chi connectivity index (χ4n) is 4.39. The first-order valence-electron chi connectivity index (χ1n) is 11.2. The molecule has 170 valence electrons. The summed E-state index contributed by atoms with van der Waals surface area (Å²) in [5, 5.41) is 9.24. The van der Waals surface area contributed by atoms with Crippen LogP contribution in [-0.2, 0) is 12.8 Å². The summed E-state index contributed by atoms with van der Waals surface area (Å²) in [5.74, 6) is 1.76. The van der Waals surface area contributed by atoms with Gasteiger partial charge < -0.3 is 14.5 Å². The Kier molecular flexibility index (Phi) is 6.15. The zero-order chi connectivity index (χ0) is 22.8. The van der Waals surface area contributed by atoms with Crippen LogP contribution < -0.4 is 9.64 Å². The average molecular weight is 463 g/mol. The van der Waals surface area contributed by atoms with Crippen LogP contribution in [0.25, 0.3) is 16.8 Å². The van der Waals surface area contributed by atoms with Crippen molar-refractivity contribution >= 4 is 23.1 Å². The fraction of sp³-hybridized carbons (Fsp3) is 0.320. The number of methoxy groups -OCH3 is 1. The molecular weight excluding hydrogens is 436 g/mol. The topological polar surface area (TPSA) is 58.8 Å². The largest absolute Gasteiger partial charge is 0.496 e. The number of ether oxygens (including phenoxy) is 1. The molecule has 8 heteroatoms. The second-order valence-corrected chi connectivity index (χ2v) is 8.80. The van der Waals surface area contributed by atoms with Gasteiger partial charge in [0.1, 0.15) is 17.9 Å². The lowest BCUT2D eigenvalue weighted by atomic mass is 10.0. The van der Waals surface area contributed by atoms with Crippen molar-refractivity contribution in [1.82, 2.24) is 24.5 Å². The van der Waals surface area contributed by atoms with Crippen LogP contribution in [0.1, 0.15) is 11.3 Å². The van der Waals surface area contributed by atoms with Gasteiger partial charge in [-0.15, -0.1) is 10.2 Å². The SMILES string of the molecule is COc1ccccc1CCc1ccc(-c2cnc(N3CCN(C)CC3)c(Cl)c2)c2nncn12. The van der Waals surface area contributed by atoms with E-state index in [1.165, 1.54) is 5.56 Å². The Hall–Kier alpha value is -3.16. The molecule has 4 aromatic rings. The van der Waals surface area contributed by atoms with Crippen LogP contribution in [0.2, 0.25) is 5.02 Å². The van der Waals surface area contributed by atoms with Gasteiger partial charge in [-0.25, -0.2) is 4.98 Å². The number of likely N-dealkylation sites (N-methyl/N-ethyl adjacent to an activating group) is 1. The number of benzene rings is 1.